The number of carboxylic acid groups (broad SMARTS) is 1. The van der Waals surface area contributed by atoms with Crippen molar-refractivity contribution in [3.05, 3.63) is 47.8 Å². The first-order chi connectivity index (χ1) is 8.08. The molecule has 0 aliphatic heterocycles. The quantitative estimate of drug-likeness (QED) is 0.829. The van der Waals surface area contributed by atoms with E-state index in [4.69, 9.17) is 5.11 Å². The number of carboxylic acids is 1. The van der Waals surface area contributed by atoms with Crippen LogP contribution in [-0.2, 0) is 0 Å². The number of carbonyl (C=O) groups is 1. The molecule has 2 N–H and O–H groups in total. The molecule has 86 valence electrons. The Balaban J connectivity index is 2.65. The van der Waals surface area contributed by atoms with E-state index in [-0.39, 0.29) is 11.3 Å². The van der Waals surface area contributed by atoms with Gasteiger partial charge in [-0.15, -0.1) is 0 Å². The molecular weight excluding hydrogens is 218 g/mol. The Morgan fingerprint density at radius 3 is 2.71 bits per heavy atom. The lowest BCUT2D eigenvalue weighted by Crippen LogP contribution is -2.01. The van der Waals surface area contributed by atoms with E-state index in [1.807, 2.05) is 0 Å². The first-order valence-corrected chi connectivity index (χ1v) is 5.07. The van der Waals surface area contributed by atoms with Crippen LogP contribution in [0, 0.1) is 6.92 Å². The van der Waals surface area contributed by atoms with Crippen molar-refractivity contribution < 1.29 is 15.0 Å². The van der Waals surface area contributed by atoms with Gasteiger partial charge < -0.3 is 10.2 Å². The second kappa shape index (κ2) is 4.25. The van der Waals surface area contributed by atoms with Crippen molar-refractivity contribution in [1.29, 1.82) is 0 Å². The van der Waals surface area contributed by atoms with Crippen molar-refractivity contribution in [3.8, 4) is 16.9 Å². The van der Waals surface area contributed by atoms with Crippen LogP contribution in [-0.4, -0.2) is 21.2 Å². The fraction of sp³-hybridized carbons (Fsp3) is 0.0769. The third kappa shape index (κ3) is 2.25. The van der Waals surface area contributed by atoms with E-state index in [2.05, 4.69) is 4.98 Å². The summed E-state index contributed by atoms with van der Waals surface area (Å²) in [7, 11) is 0. The normalized spacial score (nSPS) is 10.2. The zero-order chi connectivity index (χ0) is 12.4. The number of rotatable bonds is 2. The smallest absolute Gasteiger partial charge is 0.337 e. The number of aromatic nitrogens is 1. The Hall–Kier alpha value is -2.36. The molecule has 1 heterocycles. The summed E-state index contributed by atoms with van der Waals surface area (Å²) in [5.41, 5.74) is 2.07. The number of aryl methyl sites for hydroxylation is 1. The lowest BCUT2D eigenvalue weighted by molar-refractivity contribution is 0.0697. The largest absolute Gasteiger partial charge is 0.508 e. The van der Waals surface area contributed by atoms with Crippen molar-refractivity contribution in [2.24, 2.45) is 0 Å². The minimum Gasteiger partial charge on any atom is -0.508 e. The molecule has 2 rings (SSSR count). The fourth-order valence-electron chi connectivity index (χ4n) is 1.64. The molecule has 0 spiro atoms. The Morgan fingerprint density at radius 1 is 1.29 bits per heavy atom. The molecule has 0 saturated carbocycles. The first kappa shape index (κ1) is 11.1. The predicted octanol–water partition coefficient (Wildman–Crippen LogP) is 2.46. The highest BCUT2D eigenvalue weighted by Gasteiger charge is 2.12. The monoisotopic (exact) mass is 229 g/mol. The van der Waals surface area contributed by atoms with Crippen LogP contribution >= 0.6 is 0 Å². The average molecular weight is 229 g/mol. The molecule has 1 aromatic heterocycles. The van der Waals surface area contributed by atoms with E-state index in [1.54, 1.807) is 25.1 Å². The van der Waals surface area contributed by atoms with Crippen molar-refractivity contribution in [1.82, 2.24) is 4.98 Å². The van der Waals surface area contributed by atoms with E-state index < -0.39 is 5.97 Å². The van der Waals surface area contributed by atoms with E-state index in [0.717, 1.165) is 5.69 Å². The molecule has 4 nitrogen and oxygen atoms in total. The Bertz CT molecular complexity index is 579. The minimum atomic E-state index is -1.03. The number of nitrogens with zero attached hydrogens (tertiary/aromatic N) is 1. The van der Waals surface area contributed by atoms with Crippen molar-refractivity contribution in [3.63, 3.8) is 0 Å². The summed E-state index contributed by atoms with van der Waals surface area (Å²) in [6.45, 7) is 1.79. The third-order valence-electron chi connectivity index (χ3n) is 2.43. The van der Waals surface area contributed by atoms with Gasteiger partial charge in [0.25, 0.3) is 0 Å². The van der Waals surface area contributed by atoms with Gasteiger partial charge in [-0.2, -0.15) is 0 Å². The lowest BCUT2D eigenvalue weighted by Gasteiger charge is -2.07. The summed E-state index contributed by atoms with van der Waals surface area (Å²) >= 11 is 0. The van der Waals surface area contributed by atoms with Crippen LogP contribution in [0.2, 0.25) is 0 Å². The second-order valence-electron chi connectivity index (χ2n) is 3.73. The summed E-state index contributed by atoms with van der Waals surface area (Å²) in [4.78, 5) is 15.1. The molecule has 0 bridgehead atoms. The number of hydrogen-bond donors (Lipinski definition) is 2. The number of hydrogen-bond acceptors (Lipinski definition) is 3. The van der Waals surface area contributed by atoms with Crippen LogP contribution in [0.1, 0.15) is 16.1 Å². The van der Waals surface area contributed by atoms with Crippen LogP contribution in [0.25, 0.3) is 11.1 Å². The van der Waals surface area contributed by atoms with Crippen LogP contribution in [0.3, 0.4) is 0 Å². The van der Waals surface area contributed by atoms with Gasteiger partial charge in [0.05, 0.1) is 5.56 Å². The molecular formula is C13H11NO3. The number of pyridine rings is 1. The lowest BCUT2D eigenvalue weighted by atomic mass is 10.0. The summed E-state index contributed by atoms with van der Waals surface area (Å²) in [6, 6.07) is 8.18. The molecule has 2 aromatic rings. The first-order valence-electron chi connectivity index (χ1n) is 5.07. The number of aromatic hydroxyl groups is 1. The fourth-order valence-corrected chi connectivity index (χ4v) is 1.64. The third-order valence-corrected chi connectivity index (χ3v) is 2.43. The van der Waals surface area contributed by atoms with Gasteiger partial charge in [-0.1, -0.05) is 12.1 Å². The summed E-state index contributed by atoms with van der Waals surface area (Å²) < 4.78 is 0. The van der Waals surface area contributed by atoms with Crippen molar-refractivity contribution in [2.75, 3.05) is 0 Å². The molecule has 0 fully saturated rings. The molecule has 0 atom stereocenters. The maximum Gasteiger partial charge on any atom is 0.337 e. The number of phenolic OH excluding ortho intramolecular Hbond substituents is 1. The van der Waals surface area contributed by atoms with E-state index >= 15 is 0 Å². The van der Waals surface area contributed by atoms with Crippen LogP contribution in [0.5, 0.6) is 5.75 Å². The number of aromatic carboxylic acids is 1. The molecule has 17 heavy (non-hydrogen) atoms. The maximum atomic E-state index is 11.1. The molecule has 0 radical (unpaired) electrons. The highest BCUT2D eigenvalue weighted by Crippen LogP contribution is 2.26. The van der Waals surface area contributed by atoms with Gasteiger partial charge in [-0.05, 0) is 36.2 Å². The number of benzene rings is 1. The Labute approximate surface area is 98.2 Å². The van der Waals surface area contributed by atoms with Gasteiger partial charge in [-0.25, -0.2) is 4.79 Å². The van der Waals surface area contributed by atoms with E-state index in [9.17, 15) is 9.90 Å². The second-order valence-corrected chi connectivity index (χ2v) is 3.73. The van der Waals surface area contributed by atoms with Gasteiger partial charge >= 0.3 is 5.97 Å². The minimum absolute atomic E-state index is 0.105. The molecule has 0 saturated heterocycles. The summed E-state index contributed by atoms with van der Waals surface area (Å²) in [5.74, 6) is -0.927. The van der Waals surface area contributed by atoms with Crippen LogP contribution < -0.4 is 0 Å². The molecule has 0 unspecified atom stereocenters. The predicted molar refractivity (Wildman–Crippen MR) is 63.0 cm³/mol. The van der Waals surface area contributed by atoms with Gasteiger partial charge in [-0.3, -0.25) is 4.98 Å². The highest BCUT2D eigenvalue weighted by atomic mass is 16.4. The van der Waals surface area contributed by atoms with Gasteiger partial charge in [0.1, 0.15) is 5.75 Å². The van der Waals surface area contributed by atoms with Gasteiger partial charge in [0.15, 0.2) is 0 Å². The molecule has 0 aliphatic rings. The highest BCUT2D eigenvalue weighted by molar-refractivity contribution is 5.95. The van der Waals surface area contributed by atoms with E-state index in [1.165, 1.54) is 18.3 Å². The summed E-state index contributed by atoms with van der Waals surface area (Å²) in [5, 5.41) is 18.5. The van der Waals surface area contributed by atoms with Gasteiger partial charge in [0, 0.05) is 11.9 Å². The van der Waals surface area contributed by atoms with Crippen molar-refractivity contribution in [2.45, 2.75) is 6.92 Å². The zero-order valence-electron chi connectivity index (χ0n) is 9.21. The maximum absolute atomic E-state index is 11.1. The molecule has 1 aromatic carbocycles. The SMILES string of the molecule is Cc1cc(-c2cccc(O)c2)c(C(=O)O)cn1. The van der Waals surface area contributed by atoms with Crippen LogP contribution in [0.15, 0.2) is 36.5 Å². The van der Waals surface area contributed by atoms with E-state index in [0.29, 0.717) is 11.1 Å². The molecule has 0 aliphatic carbocycles. The molecule has 0 amide bonds. The zero-order valence-corrected chi connectivity index (χ0v) is 9.21. The van der Waals surface area contributed by atoms with Gasteiger partial charge in [0.2, 0.25) is 0 Å². The standard InChI is InChI=1S/C13H11NO3/c1-8-5-11(12(7-14-8)13(16)17)9-3-2-4-10(15)6-9/h2-7,15H,1H3,(H,16,17). The van der Waals surface area contributed by atoms with Crippen LogP contribution in [0.4, 0.5) is 0 Å². The van der Waals surface area contributed by atoms with Crippen molar-refractivity contribution >= 4 is 5.97 Å². The average Bonchev–Trinajstić information content (AvgIpc) is 2.28. The summed E-state index contributed by atoms with van der Waals surface area (Å²) in [6.07, 6.45) is 1.33. The Morgan fingerprint density at radius 2 is 2.06 bits per heavy atom. The Kier molecular flexibility index (Phi) is 2.78. The topological polar surface area (TPSA) is 70.4 Å². The molecule has 4 heteroatoms. The number of phenols is 1.